The van der Waals surface area contributed by atoms with Gasteiger partial charge in [-0.25, -0.2) is 13.2 Å². The van der Waals surface area contributed by atoms with Gasteiger partial charge in [0.15, 0.2) is 17.5 Å². The van der Waals surface area contributed by atoms with Crippen LogP contribution >= 0.6 is 11.8 Å². The number of hydrogen-bond acceptors (Lipinski definition) is 3. The van der Waals surface area contributed by atoms with Crippen LogP contribution in [0.1, 0.15) is 28.0 Å². The predicted octanol–water partition coefficient (Wildman–Crippen LogP) is 4.09. The van der Waals surface area contributed by atoms with Crippen molar-refractivity contribution in [1.82, 2.24) is 4.90 Å². The monoisotopic (exact) mass is 341 g/mol. The third kappa shape index (κ3) is 2.85. The number of halogens is 3. The fourth-order valence-electron chi connectivity index (χ4n) is 2.46. The Morgan fingerprint density at radius 1 is 1.26 bits per heavy atom. The van der Waals surface area contributed by atoms with Gasteiger partial charge in [0.2, 0.25) is 5.91 Å². The number of aryl methyl sites for hydroxylation is 2. The Balaban J connectivity index is 1.90. The van der Waals surface area contributed by atoms with Gasteiger partial charge < -0.3 is 9.32 Å². The summed E-state index contributed by atoms with van der Waals surface area (Å²) in [5, 5.41) is -0.401. The van der Waals surface area contributed by atoms with Crippen LogP contribution in [0, 0.1) is 31.3 Å². The van der Waals surface area contributed by atoms with E-state index in [4.69, 9.17) is 4.42 Å². The standard InChI is InChI=1S/C16H14F3NO2S/c1-8-5-12(22-9(8)2)16-20(13(21)7-23-16)6-10-3-4-11(17)15(19)14(10)18/h3-5,16H,6-7H2,1-2H3. The molecule has 23 heavy (non-hydrogen) atoms. The van der Waals surface area contributed by atoms with E-state index in [0.717, 1.165) is 23.5 Å². The number of hydrogen-bond donors (Lipinski definition) is 0. The lowest BCUT2D eigenvalue weighted by atomic mass is 10.1. The molecule has 3 nitrogen and oxygen atoms in total. The zero-order chi connectivity index (χ0) is 16.7. The molecule has 1 aromatic heterocycles. The molecule has 0 N–H and O–H groups in total. The van der Waals surface area contributed by atoms with Gasteiger partial charge in [-0.2, -0.15) is 0 Å². The summed E-state index contributed by atoms with van der Waals surface area (Å²) in [6.45, 7) is 3.57. The molecule has 0 saturated carbocycles. The second kappa shape index (κ2) is 5.96. The minimum absolute atomic E-state index is 0.0650. The molecule has 1 amide bonds. The number of thioether (sulfide) groups is 1. The molecule has 1 saturated heterocycles. The minimum Gasteiger partial charge on any atom is -0.463 e. The molecule has 0 aliphatic carbocycles. The highest BCUT2D eigenvalue weighted by Gasteiger charge is 2.36. The molecular formula is C16H14F3NO2S. The fraction of sp³-hybridized carbons (Fsp3) is 0.312. The molecule has 1 atom stereocenters. The van der Waals surface area contributed by atoms with Crippen LogP contribution in [-0.4, -0.2) is 16.6 Å². The highest BCUT2D eigenvalue weighted by Crippen LogP contribution is 2.41. The van der Waals surface area contributed by atoms with Crippen molar-refractivity contribution in [2.75, 3.05) is 5.75 Å². The van der Waals surface area contributed by atoms with Crippen LogP contribution in [0.4, 0.5) is 13.2 Å². The Kier molecular flexibility index (Phi) is 4.14. The number of furan rings is 1. The summed E-state index contributed by atoms with van der Waals surface area (Å²) in [6, 6.07) is 3.84. The van der Waals surface area contributed by atoms with Crippen LogP contribution in [0.25, 0.3) is 0 Å². The molecule has 2 aromatic rings. The third-order valence-electron chi connectivity index (χ3n) is 3.85. The molecule has 0 spiro atoms. The predicted molar refractivity (Wildman–Crippen MR) is 80.2 cm³/mol. The number of amides is 1. The van der Waals surface area contributed by atoms with E-state index in [0.29, 0.717) is 5.76 Å². The molecule has 1 unspecified atom stereocenters. The number of carbonyl (C=O) groups is 1. The maximum atomic E-state index is 13.9. The van der Waals surface area contributed by atoms with Gasteiger partial charge in [-0.1, -0.05) is 6.07 Å². The molecule has 122 valence electrons. The van der Waals surface area contributed by atoms with Crippen LogP contribution in [-0.2, 0) is 11.3 Å². The van der Waals surface area contributed by atoms with Crippen molar-refractivity contribution in [1.29, 1.82) is 0 Å². The van der Waals surface area contributed by atoms with Crippen molar-refractivity contribution in [2.45, 2.75) is 25.8 Å². The molecule has 0 radical (unpaired) electrons. The zero-order valence-electron chi connectivity index (χ0n) is 12.5. The van der Waals surface area contributed by atoms with Crippen molar-refractivity contribution < 1.29 is 22.4 Å². The molecule has 1 aromatic carbocycles. The minimum atomic E-state index is -1.52. The number of rotatable bonds is 3. The summed E-state index contributed by atoms with van der Waals surface area (Å²) in [7, 11) is 0. The normalized spacial score (nSPS) is 18.0. The average Bonchev–Trinajstić information content (AvgIpc) is 3.03. The van der Waals surface area contributed by atoms with E-state index in [1.807, 2.05) is 19.9 Å². The fourth-order valence-corrected chi connectivity index (χ4v) is 3.57. The highest BCUT2D eigenvalue weighted by molar-refractivity contribution is 8.00. The van der Waals surface area contributed by atoms with Crippen molar-refractivity contribution in [3.05, 3.63) is 58.3 Å². The van der Waals surface area contributed by atoms with Gasteiger partial charge in [-0.3, -0.25) is 4.79 Å². The lowest BCUT2D eigenvalue weighted by Crippen LogP contribution is -2.28. The second-order valence-corrected chi connectivity index (χ2v) is 6.48. The van der Waals surface area contributed by atoms with Gasteiger partial charge in [0, 0.05) is 5.56 Å². The Bertz CT molecular complexity index is 755. The number of carbonyl (C=O) groups excluding carboxylic acids is 1. The van der Waals surface area contributed by atoms with Crippen LogP contribution < -0.4 is 0 Å². The van der Waals surface area contributed by atoms with Gasteiger partial charge in [0.25, 0.3) is 0 Å². The van der Waals surface area contributed by atoms with E-state index >= 15 is 0 Å². The smallest absolute Gasteiger partial charge is 0.234 e. The van der Waals surface area contributed by atoms with Crippen LogP contribution in [0.2, 0.25) is 0 Å². The third-order valence-corrected chi connectivity index (χ3v) is 5.07. The lowest BCUT2D eigenvalue weighted by molar-refractivity contribution is -0.128. The van der Waals surface area contributed by atoms with E-state index in [2.05, 4.69) is 0 Å². The van der Waals surface area contributed by atoms with Crippen LogP contribution in [0.5, 0.6) is 0 Å². The van der Waals surface area contributed by atoms with Gasteiger partial charge in [-0.05, 0) is 31.5 Å². The first-order valence-corrected chi connectivity index (χ1v) is 8.03. The average molecular weight is 341 g/mol. The first-order chi connectivity index (χ1) is 10.9. The topological polar surface area (TPSA) is 33.5 Å². The molecule has 1 fully saturated rings. The quantitative estimate of drug-likeness (QED) is 0.789. The first-order valence-electron chi connectivity index (χ1n) is 6.99. The largest absolute Gasteiger partial charge is 0.463 e. The van der Waals surface area contributed by atoms with Crippen LogP contribution in [0.15, 0.2) is 22.6 Å². The summed E-state index contributed by atoms with van der Waals surface area (Å²) in [5.41, 5.74) is 0.892. The Hall–Kier alpha value is -1.89. The van der Waals surface area contributed by atoms with E-state index in [1.165, 1.54) is 16.7 Å². The van der Waals surface area contributed by atoms with E-state index in [9.17, 15) is 18.0 Å². The van der Waals surface area contributed by atoms with Gasteiger partial charge >= 0.3 is 0 Å². The molecular weight excluding hydrogens is 327 g/mol. The van der Waals surface area contributed by atoms with Crippen molar-refractivity contribution in [2.24, 2.45) is 0 Å². The van der Waals surface area contributed by atoms with Gasteiger partial charge in [0.1, 0.15) is 16.9 Å². The SMILES string of the molecule is Cc1cc(C2SCC(=O)N2Cc2ccc(F)c(F)c2F)oc1C. The van der Waals surface area contributed by atoms with Crippen LogP contribution in [0.3, 0.4) is 0 Å². The highest BCUT2D eigenvalue weighted by atomic mass is 32.2. The summed E-state index contributed by atoms with van der Waals surface area (Å²) >= 11 is 1.36. The molecule has 3 rings (SSSR count). The Morgan fingerprint density at radius 2 is 2.00 bits per heavy atom. The first kappa shape index (κ1) is 16.0. The number of benzene rings is 1. The maximum absolute atomic E-state index is 13.9. The Labute approximate surface area is 135 Å². The Morgan fingerprint density at radius 3 is 2.65 bits per heavy atom. The lowest BCUT2D eigenvalue weighted by Gasteiger charge is -2.22. The van der Waals surface area contributed by atoms with E-state index in [1.54, 1.807) is 0 Å². The van der Waals surface area contributed by atoms with E-state index in [-0.39, 0.29) is 23.8 Å². The molecule has 1 aliphatic rings. The summed E-state index contributed by atoms with van der Waals surface area (Å²) in [6.07, 6.45) is 0. The van der Waals surface area contributed by atoms with Gasteiger partial charge in [-0.15, -0.1) is 11.8 Å². The van der Waals surface area contributed by atoms with Crippen molar-refractivity contribution in [3.63, 3.8) is 0 Å². The number of nitrogens with zero attached hydrogens (tertiary/aromatic N) is 1. The van der Waals surface area contributed by atoms with Crippen molar-refractivity contribution in [3.8, 4) is 0 Å². The van der Waals surface area contributed by atoms with E-state index < -0.39 is 22.8 Å². The molecule has 1 aliphatic heterocycles. The molecule has 7 heteroatoms. The van der Waals surface area contributed by atoms with Gasteiger partial charge in [0.05, 0.1) is 12.3 Å². The molecule has 2 heterocycles. The zero-order valence-corrected chi connectivity index (χ0v) is 13.3. The maximum Gasteiger partial charge on any atom is 0.234 e. The molecule has 0 bridgehead atoms. The second-order valence-electron chi connectivity index (χ2n) is 5.41. The summed E-state index contributed by atoms with van der Waals surface area (Å²) in [5.74, 6) is -2.66. The van der Waals surface area contributed by atoms with Crippen molar-refractivity contribution >= 4 is 17.7 Å². The summed E-state index contributed by atoms with van der Waals surface area (Å²) in [4.78, 5) is 13.5. The summed E-state index contributed by atoms with van der Waals surface area (Å²) < 4.78 is 45.9.